The molecule has 0 aliphatic rings. The summed E-state index contributed by atoms with van der Waals surface area (Å²) in [6, 6.07) is 10.7. The van der Waals surface area contributed by atoms with E-state index in [9.17, 15) is 14.4 Å². The number of aryl methyl sites for hydroxylation is 2. The van der Waals surface area contributed by atoms with Gasteiger partial charge in [0.05, 0.1) is 28.4 Å². The second-order valence-corrected chi connectivity index (χ2v) is 7.24. The monoisotopic (exact) mass is 474 g/mol. The SMILES string of the molecule is COc1ccc(CCC(=O)OCC(=O)COC(=O)CCc2ccc(OC)c(OC)c2)cc1OC. The van der Waals surface area contributed by atoms with Gasteiger partial charge in [0, 0.05) is 12.8 Å². The Balaban J connectivity index is 1.67. The van der Waals surface area contributed by atoms with Crippen molar-refractivity contribution >= 4 is 17.7 Å². The number of benzene rings is 2. The number of Topliss-reactive ketones (excluding diaryl/α,β-unsaturated/α-hetero) is 1. The van der Waals surface area contributed by atoms with Crippen LogP contribution in [-0.2, 0) is 36.7 Å². The molecule has 0 fully saturated rings. The minimum atomic E-state index is -0.525. The molecular weight excluding hydrogens is 444 g/mol. The average molecular weight is 475 g/mol. The first kappa shape index (κ1) is 26.5. The van der Waals surface area contributed by atoms with Crippen molar-refractivity contribution in [3.63, 3.8) is 0 Å². The first-order chi connectivity index (χ1) is 16.4. The molecule has 0 atom stereocenters. The standard InChI is InChI=1S/C25H30O9/c1-29-20-9-5-17(13-22(20)31-3)7-11-24(27)33-15-19(26)16-34-25(28)12-8-18-6-10-21(30-2)23(14-18)32-4/h5-6,9-10,13-14H,7-8,11-12,15-16H2,1-4H3. The minimum absolute atomic E-state index is 0.0911. The number of ether oxygens (including phenoxy) is 6. The second-order valence-electron chi connectivity index (χ2n) is 7.24. The van der Waals surface area contributed by atoms with E-state index in [4.69, 9.17) is 28.4 Å². The third kappa shape index (κ3) is 8.31. The maximum Gasteiger partial charge on any atom is 0.306 e. The van der Waals surface area contributed by atoms with Gasteiger partial charge in [0.2, 0.25) is 5.78 Å². The zero-order valence-electron chi connectivity index (χ0n) is 19.9. The molecule has 0 saturated heterocycles. The van der Waals surface area contributed by atoms with Crippen LogP contribution in [-0.4, -0.2) is 59.4 Å². The Labute approximate surface area is 198 Å². The van der Waals surface area contributed by atoms with Crippen LogP contribution in [0.5, 0.6) is 23.0 Å². The molecule has 0 aliphatic carbocycles. The van der Waals surface area contributed by atoms with Crippen molar-refractivity contribution in [1.29, 1.82) is 0 Å². The normalized spacial score (nSPS) is 10.2. The summed E-state index contributed by atoms with van der Waals surface area (Å²) in [5.41, 5.74) is 1.73. The Hall–Kier alpha value is -3.75. The molecule has 0 radical (unpaired) electrons. The van der Waals surface area contributed by atoms with Crippen LogP contribution in [0.3, 0.4) is 0 Å². The van der Waals surface area contributed by atoms with Crippen LogP contribution in [0.25, 0.3) is 0 Å². The number of carbonyl (C=O) groups excluding carboxylic acids is 3. The Kier molecular flexibility index (Phi) is 10.7. The molecule has 9 heteroatoms. The van der Waals surface area contributed by atoms with Crippen LogP contribution >= 0.6 is 0 Å². The Morgan fingerprint density at radius 3 is 1.32 bits per heavy atom. The van der Waals surface area contributed by atoms with Gasteiger partial charge < -0.3 is 28.4 Å². The van der Waals surface area contributed by atoms with Crippen LogP contribution in [0.1, 0.15) is 24.0 Å². The van der Waals surface area contributed by atoms with Gasteiger partial charge in [-0.3, -0.25) is 14.4 Å². The van der Waals surface area contributed by atoms with E-state index in [1.807, 2.05) is 12.1 Å². The predicted molar refractivity (Wildman–Crippen MR) is 123 cm³/mol. The molecule has 2 rings (SSSR count). The van der Waals surface area contributed by atoms with Crippen LogP contribution in [0.4, 0.5) is 0 Å². The Morgan fingerprint density at radius 2 is 0.971 bits per heavy atom. The van der Waals surface area contributed by atoms with E-state index in [1.54, 1.807) is 38.5 Å². The van der Waals surface area contributed by atoms with Crippen LogP contribution in [0.15, 0.2) is 36.4 Å². The number of carbonyl (C=O) groups is 3. The van der Waals surface area contributed by atoms with Crippen molar-refractivity contribution in [3.05, 3.63) is 47.5 Å². The molecule has 0 aliphatic heterocycles. The fourth-order valence-electron chi connectivity index (χ4n) is 3.07. The smallest absolute Gasteiger partial charge is 0.306 e. The van der Waals surface area contributed by atoms with Crippen LogP contribution < -0.4 is 18.9 Å². The number of esters is 2. The number of hydrogen-bond acceptors (Lipinski definition) is 9. The summed E-state index contributed by atoms with van der Waals surface area (Å²) in [6.07, 6.45) is 1.01. The molecule has 2 aromatic rings. The molecule has 0 saturated carbocycles. The summed E-state index contributed by atoms with van der Waals surface area (Å²) in [7, 11) is 6.15. The molecule has 0 bridgehead atoms. The summed E-state index contributed by atoms with van der Waals surface area (Å²) in [4.78, 5) is 35.8. The lowest BCUT2D eigenvalue weighted by atomic mass is 10.1. The number of rotatable bonds is 14. The van der Waals surface area contributed by atoms with Gasteiger partial charge in [-0.25, -0.2) is 0 Å². The van der Waals surface area contributed by atoms with Crippen molar-refractivity contribution in [3.8, 4) is 23.0 Å². The van der Waals surface area contributed by atoms with E-state index < -0.39 is 30.9 Å². The molecular formula is C25H30O9. The fourth-order valence-corrected chi connectivity index (χ4v) is 3.07. The van der Waals surface area contributed by atoms with Crippen molar-refractivity contribution in [1.82, 2.24) is 0 Å². The number of hydrogen-bond donors (Lipinski definition) is 0. The highest BCUT2D eigenvalue weighted by atomic mass is 16.6. The molecule has 0 unspecified atom stereocenters. The van der Waals surface area contributed by atoms with Gasteiger partial charge in [-0.2, -0.15) is 0 Å². The molecule has 9 nitrogen and oxygen atoms in total. The molecule has 0 amide bonds. The van der Waals surface area contributed by atoms with Crippen molar-refractivity contribution < 1.29 is 42.8 Å². The van der Waals surface area contributed by atoms with E-state index in [1.165, 1.54) is 14.2 Å². The molecule has 34 heavy (non-hydrogen) atoms. The van der Waals surface area contributed by atoms with Gasteiger partial charge in [-0.15, -0.1) is 0 Å². The van der Waals surface area contributed by atoms with Gasteiger partial charge in [0.15, 0.2) is 36.2 Å². The molecule has 0 N–H and O–H groups in total. The van der Waals surface area contributed by atoms with E-state index in [0.717, 1.165) is 11.1 Å². The van der Waals surface area contributed by atoms with Crippen molar-refractivity contribution in [2.24, 2.45) is 0 Å². The zero-order valence-corrected chi connectivity index (χ0v) is 19.9. The largest absolute Gasteiger partial charge is 0.493 e. The van der Waals surface area contributed by atoms with Gasteiger partial charge in [0.1, 0.15) is 0 Å². The highest BCUT2D eigenvalue weighted by Gasteiger charge is 2.13. The van der Waals surface area contributed by atoms with Crippen LogP contribution in [0, 0.1) is 0 Å². The van der Waals surface area contributed by atoms with Gasteiger partial charge in [0.25, 0.3) is 0 Å². The molecule has 0 spiro atoms. The quantitative estimate of drug-likeness (QED) is 0.382. The van der Waals surface area contributed by atoms with Gasteiger partial charge in [-0.05, 0) is 48.2 Å². The second kappa shape index (κ2) is 13.7. The van der Waals surface area contributed by atoms with E-state index in [2.05, 4.69) is 0 Å². The summed E-state index contributed by atoms with van der Waals surface area (Å²) < 4.78 is 30.8. The van der Waals surface area contributed by atoms with Crippen LogP contribution in [0.2, 0.25) is 0 Å². The maximum absolute atomic E-state index is 11.9. The highest BCUT2D eigenvalue weighted by molar-refractivity contribution is 5.85. The lowest BCUT2D eigenvalue weighted by Gasteiger charge is -2.10. The van der Waals surface area contributed by atoms with E-state index in [0.29, 0.717) is 35.8 Å². The van der Waals surface area contributed by atoms with E-state index >= 15 is 0 Å². The first-order valence-electron chi connectivity index (χ1n) is 10.6. The lowest BCUT2D eigenvalue weighted by Crippen LogP contribution is -2.21. The first-order valence-corrected chi connectivity index (χ1v) is 10.6. The third-order valence-electron chi connectivity index (χ3n) is 4.92. The zero-order chi connectivity index (χ0) is 24.9. The maximum atomic E-state index is 11.9. The fraction of sp³-hybridized carbons (Fsp3) is 0.400. The topological polar surface area (TPSA) is 107 Å². The van der Waals surface area contributed by atoms with Gasteiger partial charge in [-0.1, -0.05) is 12.1 Å². The third-order valence-corrected chi connectivity index (χ3v) is 4.92. The molecule has 0 aromatic heterocycles. The number of ketones is 1. The van der Waals surface area contributed by atoms with Crippen molar-refractivity contribution in [2.75, 3.05) is 41.7 Å². The van der Waals surface area contributed by atoms with E-state index in [-0.39, 0.29) is 12.8 Å². The summed E-state index contributed by atoms with van der Waals surface area (Å²) in [6.45, 7) is -0.901. The van der Waals surface area contributed by atoms with Crippen molar-refractivity contribution in [2.45, 2.75) is 25.7 Å². The summed E-state index contributed by atoms with van der Waals surface area (Å²) in [5.74, 6) is 0.771. The Bertz CT molecular complexity index is 907. The average Bonchev–Trinajstić information content (AvgIpc) is 2.87. The lowest BCUT2D eigenvalue weighted by molar-refractivity contribution is -0.153. The van der Waals surface area contributed by atoms with Gasteiger partial charge >= 0.3 is 11.9 Å². The predicted octanol–water partition coefficient (Wildman–Crippen LogP) is 2.94. The summed E-state index contributed by atoms with van der Waals surface area (Å²) in [5, 5.41) is 0. The minimum Gasteiger partial charge on any atom is -0.493 e. The molecule has 2 aromatic carbocycles. The number of methoxy groups -OCH3 is 4. The Morgan fingerprint density at radius 1 is 0.588 bits per heavy atom. The highest BCUT2D eigenvalue weighted by Crippen LogP contribution is 2.28. The summed E-state index contributed by atoms with van der Waals surface area (Å²) >= 11 is 0. The molecule has 184 valence electrons. The molecule has 0 heterocycles.